The Morgan fingerprint density at radius 2 is 2.47 bits per heavy atom. The molecule has 19 heavy (non-hydrogen) atoms. The minimum atomic E-state index is -0.536. The summed E-state index contributed by atoms with van der Waals surface area (Å²) in [6, 6.07) is 4.47. The molecule has 2 heterocycles. The Morgan fingerprint density at radius 1 is 1.63 bits per heavy atom. The molecular formula is C12H11N3O3S. The largest absolute Gasteiger partial charge is 0.384 e. The Hall–Kier alpha value is -2.04. The molecule has 3 N–H and O–H groups in total. The first-order valence-corrected chi connectivity index (χ1v) is 6.48. The second kappa shape index (κ2) is 6.22. The summed E-state index contributed by atoms with van der Waals surface area (Å²) in [5.74, 6) is 5.59. The molecule has 0 aromatic carbocycles. The number of hydrogen-bond donors (Lipinski definition) is 3. The molecule has 1 aromatic rings. The van der Waals surface area contributed by atoms with E-state index >= 15 is 0 Å². The molecule has 1 unspecified atom stereocenters. The zero-order valence-corrected chi connectivity index (χ0v) is 10.7. The summed E-state index contributed by atoms with van der Waals surface area (Å²) in [6.45, 7) is -0.246. The number of carbonyl (C=O) groups is 2. The fraction of sp³-hybridized carbons (Fsp3) is 0.250. The van der Waals surface area contributed by atoms with Gasteiger partial charge in [-0.3, -0.25) is 9.59 Å². The Bertz CT molecular complexity index is 565. The van der Waals surface area contributed by atoms with Crippen LogP contribution in [0.1, 0.15) is 5.69 Å². The molecule has 0 aliphatic carbocycles. The highest BCUT2D eigenvalue weighted by atomic mass is 32.2. The van der Waals surface area contributed by atoms with Gasteiger partial charge in [0, 0.05) is 5.75 Å². The highest BCUT2D eigenvalue weighted by Crippen LogP contribution is 2.14. The van der Waals surface area contributed by atoms with Gasteiger partial charge in [-0.25, -0.2) is 4.98 Å². The molecule has 1 fully saturated rings. The van der Waals surface area contributed by atoms with Crippen molar-refractivity contribution >= 4 is 28.7 Å². The first kappa shape index (κ1) is 13.4. The van der Waals surface area contributed by atoms with E-state index in [2.05, 4.69) is 27.5 Å². The van der Waals surface area contributed by atoms with Crippen LogP contribution in [0.15, 0.2) is 18.2 Å². The molecule has 1 atom stereocenters. The fourth-order valence-electron chi connectivity index (χ4n) is 1.44. The number of nitrogens with zero attached hydrogens (tertiary/aromatic N) is 1. The smallest absolute Gasteiger partial charge is 0.279 e. The Morgan fingerprint density at radius 3 is 3.16 bits per heavy atom. The normalized spacial score (nSPS) is 17.3. The first-order valence-electron chi connectivity index (χ1n) is 5.50. The lowest BCUT2D eigenvalue weighted by atomic mass is 10.3. The van der Waals surface area contributed by atoms with Crippen molar-refractivity contribution in [3.05, 3.63) is 23.9 Å². The van der Waals surface area contributed by atoms with Crippen LogP contribution in [0.5, 0.6) is 0 Å². The van der Waals surface area contributed by atoms with Gasteiger partial charge in [-0.2, -0.15) is 0 Å². The molecule has 1 aliphatic rings. The summed E-state index contributed by atoms with van der Waals surface area (Å²) < 4.78 is 0. The van der Waals surface area contributed by atoms with Crippen molar-refractivity contribution in [1.29, 1.82) is 0 Å². The third-order valence-electron chi connectivity index (χ3n) is 2.29. The van der Waals surface area contributed by atoms with Crippen molar-refractivity contribution < 1.29 is 14.7 Å². The third kappa shape index (κ3) is 3.71. The Kier molecular flexibility index (Phi) is 4.39. The van der Waals surface area contributed by atoms with Crippen LogP contribution >= 0.6 is 11.8 Å². The molecule has 0 spiro atoms. The van der Waals surface area contributed by atoms with Crippen molar-refractivity contribution in [1.82, 2.24) is 10.3 Å². The van der Waals surface area contributed by atoms with Gasteiger partial charge in [0.25, 0.3) is 5.24 Å². The van der Waals surface area contributed by atoms with E-state index in [0.29, 0.717) is 17.3 Å². The molecule has 0 bridgehead atoms. The van der Waals surface area contributed by atoms with Crippen LogP contribution < -0.4 is 10.6 Å². The van der Waals surface area contributed by atoms with Crippen molar-refractivity contribution in [2.24, 2.45) is 0 Å². The molecule has 0 radical (unpaired) electrons. The predicted molar refractivity (Wildman–Crippen MR) is 71.6 cm³/mol. The van der Waals surface area contributed by atoms with Gasteiger partial charge < -0.3 is 15.7 Å². The maximum absolute atomic E-state index is 11.8. The predicted octanol–water partition coefficient (Wildman–Crippen LogP) is 0.189. The van der Waals surface area contributed by atoms with Gasteiger partial charge >= 0.3 is 0 Å². The van der Waals surface area contributed by atoms with Crippen LogP contribution in [0.2, 0.25) is 0 Å². The van der Waals surface area contributed by atoms with E-state index in [1.807, 2.05) is 0 Å². The van der Waals surface area contributed by atoms with Gasteiger partial charge in [0.1, 0.15) is 24.2 Å². The van der Waals surface area contributed by atoms with Crippen molar-refractivity contribution in [2.45, 2.75) is 6.04 Å². The minimum Gasteiger partial charge on any atom is -0.384 e. The van der Waals surface area contributed by atoms with Crippen molar-refractivity contribution in [3.8, 4) is 11.8 Å². The van der Waals surface area contributed by atoms with Crippen LogP contribution in [0, 0.1) is 11.8 Å². The minimum absolute atomic E-state index is 0.198. The number of amides is 2. The van der Waals surface area contributed by atoms with E-state index in [0.717, 1.165) is 11.8 Å². The van der Waals surface area contributed by atoms with Crippen LogP contribution in [-0.2, 0) is 4.79 Å². The lowest BCUT2D eigenvalue weighted by Crippen LogP contribution is -2.38. The number of carbonyl (C=O) groups excluding carboxylic acids is 2. The fourth-order valence-corrected chi connectivity index (χ4v) is 2.22. The van der Waals surface area contributed by atoms with Crippen LogP contribution in [0.4, 0.5) is 10.6 Å². The highest BCUT2D eigenvalue weighted by Gasteiger charge is 2.28. The van der Waals surface area contributed by atoms with E-state index in [4.69, 9.17) is 5.11 Å². The average molecular weight is 277 g/mol. The number of pyridine rings is 1. The van der Waals surface area contributed by atoms with Gasteiger partial charge in [-0.05, 0) is 18.1 Å². The number of aliphatic hydroxyl groups excluding tert-OH is 1. The van der Waals surface area contributed by atoms with Crippen molar-refractivity contribution in [3.63, 3.8) is 0 Å². The lowest BCUT2D eigenvalue weighted by molar-refractivity contribution is -0.117. The highest BCUT2D eigenvalue weighted by molar-refractivity contribution is 8.14. The number of rotatable bonds is 2. The lowest BCUT2D eigenvalue weighted by Gasteiger charge is -2.09. The van der Waals surface area contributed by atoms with E-state index in [1.165, 1.54) is 0 Å². The summed E-state index contributed by atoms with van der Waals surface area (Å²) in [4.78, 5) is 26.9. The number of aromatic nitrogens is 1. The van der Waals surface area contributed by atoms with Crippen molar-refractivity contribution in [2.75, 3.05) is 17.7 Å². The van der Waals surface area contributed by atoms with Crippen LogP contribution in [-0.4, -0.2) is 39.6 Å². The Balaban J connectivity index is 2.02. The van der Waals surface area contributed by atoms with E-state index < -0.39 is 6.04 Å². The standard InChI is InChI=1S/C12H11N3O3S/c16-6-2-4-8-3-1-5-10(13-8)15-11(17)9-7-19-12(18)14-9/h1,3,5,9,16H,6-7H2,(H,14,18)(H,13,15,17). The van der Waals surface area contributed by atoms with Gasteiger partial charge in [-0.1, -0.05) is 23.7 Å². The SMILES string of the molecule is O=C1NC(C(=O)Nc2cccc(C#CCO)n2)CS1. The molecule has 6 nitrogen and oxygen atoms in total. The number of hydrogen-bond acceptors (Lipinski definition) is 5. The summed E-state index contributed by atoms with van der Waals surface area (Å²) >= 11 is 1.08. The Labute approximate surface area is 114 Å². The number of nitrogens with one attached hydrogen (secondary N) is 2. The monoisotopic (exact) mass is 277 g/mol. The number of thioether (sulfide) groups is 1. The second-order valence-electron chi connectivity index (χ2n) is 3.65. The summed E-state index contributed by atoms with van der Waals surface area (Å²) in [5, 5.41) is 13.6. The number of anilines is 1. The molecule has 1 aliphatic heterocycles. The summed E-state index contributed by atoms with van der Waals surface area (Å²) in [6.07, 6.45) is 0. The molecule has 2 amide bonds. The van der Waals surface area contributed by atoms with Gasteiger partial charge in [0.2, 0.25) is 5.91 Å². The maximum atomic E-state index is 11.8. The number of aliphatic hydroxyl groups is 1. The van der Waals surface area contributed by atoms with Crippen LogP contribution in [0.25, 0.3) is 0 Å². The molecule has 1 aromatic heterocycles. The molecule has 0 saturated carbocycles. The third-order valence-corrected chi connectivity index (χ3v) is 3.17. The van der Waals surface area contributed by atoms with E-state index in [1.54, 1.807) is 18.2 Å². The summed E-state index contributed by atoms with van der Waals surface area (Å²) in [7, 11) is 0. The zero-order chi connectivity index (χ0) is 13.7. The van der Waals surface area contributed by atoms with E-state index in [-0.39, 0.29) is 17.8 Å². The second-order valence-corrected chi connectivity index (χ2v) is 4.65. The topological polar surface area (TPSA) is 91.3 Å². The first-order chi connectivity index (χ1) is 9.19. The molecule has 7 heteroatoms. The quantitative estimate of drug-likeness (QED) is 0.671. The molecule has 1 saturated heterocycles. The van der Waals surface area contributed by atoms with Gasteiger partial charge in [0.05, 0.1) is 0 Å². The van der Waals surface area contributed by atoms with Gasteiger partial charge in [-0.15, -0.1) is 0 Å². The average Bonchev–Trinajstić information content (AvgIpc) is 2.83. The molecule has 2 rings (SSSR count). The molecule has 98 valence electrons. The van der Waals surface area contributed by atoms with Gasteiger partial charge in [0.15, 0.2) is 0 Å². The summed E-state index contributed by atoms with van der Waals surface area (Å²) in [5.41, 5.74) is 0.455. The maximum Gasteiger partial charge on any atom is 0.279 e. The zero-order valence-electron chi connectivity index (χ0n) is 9.84. The van der Waals surface area contributed by atoms with Crippen LogP contribution in [0.3, 0.4) is 0 Å². The van der Waals surface area contributed by atoms with E-state index in [9.17, 15) is 9.59 Å². The molecular weight excluding hydrogens is 266 g/mol.